The number of amides is 1. The van der Waals surface area contributed by atoms with E-state index in [9.17, 15) is 18.0 Å². The fourth-order valence-electron chi connectivity index (χ4n) is 2.12. The Hall–Kier alpha value is -2.70. The smallest absolute Gasteiger partial charge is 0.417 e. The first kappa shape index (κ1) is 17.7. The van der Waals surface area contributed by atoms with Crippen LogP contribution in [0.1, 0.15) is 21.5 Å². The highest BCUT2D eigenvalue weighted by atomic mass is 19.4. The molecule has 0 aliphatic heterocycles. The molecule has 0 aliphatic rings. The Balaban J connectivity index is 2.41. The highest BCUT2D eigenvalue weighted by Gasteiger charge is 2.36. The number of hydrogen-bond acceptors (Lipinski definition) is 3. The maximum atomic E-state index is 13.2. The molecule has 0 atom stereocenters. The molecule has 0 saturated carbocycles. The van der Waals surface area contributed by atoms with Gasteiger partial charge in [0, 0.05) is 7.05 Å². The molecule has 0 saturated heterocycles. The molecule has 0 bridgehead atoms. The SMILES string of the molecule is CNC(=O)c1cc(OCc2ccccc2)c(OC)cc1C(F)(F)F. The summed E-state index contributed by atoms with van der Waals surface area (Å²) in [4.78, 5) is 11.8. The number of carbonyl (C=O) groups is 1. The molecule has 0 aromatic heterocycles. The van der Waals surface area contributed by atoms with E-state index < -0.39 is 23.2 Å². The summed E-state index contributed by atoms with van der Waals surface area (Å²) in [5, 5.41) is 2.20. The summed E-state index contributed by atoms with van der Waals surface area (Å²) in [5.74, 6) is -0.881. The lowest BCUT2D eigenvalue weighted by Crippen LogP contribution is -2.23. The van der Waals surface area contributed by atoms with E-state index in [2.05, 4.69) is 5.32 Å². The van der Waals surface area contributed by atoms with Gasteiger partial charge < -0.3 is 14.8 Å². The van der Waals surface area contributed by atoms with Crippen LogP contribution in [0.3, 0.4) is 0 Å². The van der Waals surface area contributed by atoms with Crippen molar-refractivity contribution in [1.29, 1.82) is 0 Å². The summed E-state index contributed by atoms with van der Waals surface area (Å²) in [6.07, 6.45) is -4.69. The molecule has 1 amide bonds. The van der Waals surface area contributed by atoms with Gasteiger partial charge in [0.2, 0.25) is 0 Å². The van der Waals surface area contributed by atoms with Gasteiger partial charge in [0.25, 0.3) is 5.91 Å². The topological polar surface area (TPSA) is 47.6 Å². The second-order valence-corrected chi connectivity index (χ2v) is 4.90. The highest BCUT2D eigenvalue weighted by molar-refractivity contribution is 5.96. The number of ether oxygens (including phenoxy) is 2. The van der Waals surface area contributed by atoms with E-state index in [1.54, 1.807) is 0 Å². The summed E-state index contributed by atoms with van der Waals surface area (Å²) in [7, 11) is 2.50. The zero-order chi connectivity index (χ0) is 17.7. The predicted octanol–water partition coefficient (Wildman–Crippen LogP) is 3.65. The Kier molecular flexibility index (Phi) is 5.33. The van der Waals surface area contributed by atoms with E-state index >= 15 is 0 Å². The van der Waals surface area contributed by atoms with Crippen molar-refractivity contribution in [3.8, 4) is 11.5 Å². The van der Waals surface area contributed by atoms with Crippen molar-refractivity contribution < 1.29 is 27.4 Å². The van der Waals surface area contributed by atoms with E-state index in [1.165, 1.54) is 14.2 Å². The van der Waals surface area contributed by atoms with E-state index in [0.29, 0.717) is 0 Å². The molecule has 2 aromatic rings. The Labute approximate surface area is 137 Å². The molecule has 0 aliphatic carbocycles. The Morgan fingerprint density at radius 2 is 1.79 bits per heavy atom. The first-order valence-electron chi connectivity index (χ1n) is 7.05. The van der Waals surface area contributed by atoms with Gasteiger partial charge in [-0.1, -0.05) is 30.3 Å². The maximum Gasteiger partial charge on any atom is 0.417 e. The van der Waals surface area contributed by atoms with Gasteiger partial charge >= 0.3 is 6.18 Å². The maximum absolute atomic E-state index is 13.2. The third-order valence-electron chi connectivity index (χ3n) is 3.32. The van der Waals surface area contributed by atoms with Crippen LogP contribution in [0, 0.1) is 0 Å². The van der Waals surface area contributed by atoms with Gasteiger partial charge in [0.05, 0.1) is 18.2 Å². The number of carbonyl (C=O) groups excluding carboxylic acids is 1. The van der Waals surface area contributed by atoms with Crippen LogP contribution >= 0.6 is 0 Å². The standard InChI is InChI=1S/C17H16F3NO3/c1-21-16(22)12-8-15(24-10-11-6-4-3-5-7-11)14(23-2)9-13(12)17(18,19)20/h3-9H,10H2,1-2H3,(H,21,22). The minimum atomic E-state index is -4.69. The molecule has 1 N–H and O–H groups in total. The highest BCUT2D eigenvalue weighted by Crippen LogP contribution is 2.39. The van der Waals surface area contributed by atoms with Gasteiger partial charge in [-0.05, 0) is 17.7 Å². The van der Waals surface area contributed by atoms with Crippen LogP contribution in [-0.2, 0) is 12.8 Å². The molecule has 24 heavy (non-hydrogen) atoms. The van der Waals surface area contributed by atoms with Crippen LogP contribution in [0.4, 0.5) is 13.2 Å². The molecular weight excluding hydrogens is 323 g/mol. The van der Waals surface area contributed by atoms with Crippen molar-refractivity contribution in [3.63, 3.8) is 0 Å². The van der Waals surface area contributed by atoms with Crippen LogP contribution in [0.2, 0.25) is 0 Å². The van der Waals surface area contributed by atoms with Gasteiger partial charge in [-0.15, -0.1) is 0 Å². The van der Waals surface area contributed by atoms with Crippen molar-refractivity contribution in [2.75, 3.05) is 14.2 Å². The fraction of sp³-hybridized carbons (Fsp3) is 0.235. The van der Waals surface area contributed by atoms with Crippen molar-refractivity contribution in [1.82, 2.24) is 5.32 Å². The zero-order valence-electron chi connectivity index (χ0n) is 13.1. The van der Waals surface area contributed by atoms with Crippen LogP contribution in [-0.4, -0.2) is 20.1 Å². The molecule has 0 spiro atoms. The second kappa shape index (κ2) is 7.25. The van der Waals surface area contributed by atoms with Crippen molar-refractivity contribution in [2.45, 2.75) is 12.8 Å². The van der Waals surface area contributed by atoms with Crippen LogP contribution < -0.4 is 14.8 Å². The first-order valence-corrected chi connectivity index (χ1v) is 7.05. The molecule has 7 heteroatoms. The van der Waals surface area contributed by atoms with E-state index in [0.717, 1.165) is 17.7 Å². The quantitative estimate of drug-likeness (QED) is 0.904. The average Bonchev–Trinajstić information content (AvgIpc) is 2.58. The molecule has 2 rings (SSSR count). The van der Waals surface area contributed by atoms with Crippen LogP contribution in [0.25, 0.3) is 0 Å². The minimum absolute atomic E-state index is 0.0629. The summed E-state index contributed by atoms with van der Waals surface area (Å²) < 4.78 is 50.0. The Morgan fingerprint density at radius 3 is 2.33 bits per heavy atom. The molecule has 0 heterocycles. The van der Waals surface area contributed by atoms with Gasteiger partial charge in [0.1, 0.15) is 6.61 Å². The number of benzene rings is 2. The number of alkyl halides is 3. The van der Waals surface area contributed by atoms with Crippen molar-refractivity contribution >= 4 is 5.91 Å². The van der Waals surface area contributed by atoms with Gasteiger partial charge in [-0.25, -0.2) is 0 Å². The second-order valence-electron chi connectivity index (χ2n) is 4.90. The Bertz CT molecular complexity index is 715. The largest absolute Gasteiger partial charge is 0.493 e. The molecule has 0 unspecified atom stereocenters. The van der Waals surface area contributed by atoms with E-state index in [4.69, 9.17) is 9.47 Å². The third kappa shape index (κ3) is 3.98. The summed E-state index contributed by atoms with van der Waals surface area (Å²) in [6.45, 7) is 0.135. The summed E-state index contributed by atoms with van der Waals surface area (Å²) >= 11 is 0. The van der Waals surface area contributed by atoms with Gasteiger partial charge in [-0.3, -0.25) is 4.79 Å². The molecular formula is C17H16F3NO3. The van der Waals surface area contributed by atoms with Crippen molar-refractivity contribution in [3.05, 3.63) is 59.2 Å². The third-order valence-corrected chi connectivity index (χ3v) is 3.32. The number of nitrogens with one attached hydrogen (secondary N) is 1. The van der Waals surface area contributed by atoms with E-state index in [-0.39, 0.29) is 18.1 Å². The number of methoxy groups -OCH3 is 1. The first-order chi connectivity index (χ1) is 11.4. The molecule has 4 nitrogen and oxygen atoms in total. The zero-order valence-corrected chi connectivity index (χ0v) is 13.1. The van der Waals surface area contributed by atoms with Crippen LogP contribution in [0.5, 0.6) is 11.5 Å². The predicted molar refractivity (Wildman–Crippen MR) is 82.2 cm³/mol. The lowest BCUT2D eigenvalue weighted by Gasteiger charge is -2.17. The minimum Gasteiger partial charge on any atom is -0.493 e. The lowest BCUT2D eigenvalue weighted by atomic mass is 10.0. The van der Waals surface area contributed by atoms with Gasteiger partial charge in [0.15, 0.2) is 11.5 Å². The molecule has 0 fully saturated rings. The van der Waals surface area contributed by atoms with E-state index in [1.807, 2.05) is 30.3 Å². The average molecular weight is 339 g/mol. The number of halogens is 3. The van der Waals surface area contributed by atoms with Crippen molar-refractivity contribution in [2.24, 2.45) is 0 Å². The monoisotopic (exact) mass is 339 g/mol. The number of hydrogen-bond donors (Lipinski definition) is 1. The lowest BCUT2D eigenvalue weighted by molar-refractivity contribution is -0.138. The fourth-order valence-corrected chi connectivity index (χ4v) is 2.12. The molecule has 0 radical (unpaired) electrons. The summed E-state index contributed by atoms with van der Waals surface area (Å²) in [5.41, 5.74) is -0.763. The number of rotatable bonds is 5. The van der Waals surface area contributed by atoms with Gasteiger partial charge in [-0.2, -0.15) is 13.2 Å². The Morgan fingerprint density at radius 1 is 1.12 bits per heavy atom. The molecule has 2 aromatic carbocycles. The van der Waals surface area contributed by atoms with Crippen LogP contribution in [0.15, 0.2) is 42.5 Å². The summed E-state index contributed by atoms with van der Waals surface area (Å²) in [6, 6.07) is 10.9. The molecule has 128 valence electrons. The normalized spacial score (nSPS) is 11.0.